The summed E-state index contributed by atoms with van der Waals surface area (Å²) in [5.74, 6) is -0.705. The molecule has 0 spiro atoms. The lowest BCUT2D eigenvalue weighted by Gasteiger charge is -2.14. The van der Waals surface area contributed by atoms with Crippen LogP contribution in [0.25, 0.3) is 0 Å². The molecule has 33 heavy (non-hydrogen) atoms. The molecule has 1 aromatic rings. The summed E-state index contributed by atoms with van der Waals surface area (Å²) in [5.41, 5.74) is 2.30. The van der Waals surface area contributed by atoms with Gasteiger partial charge in [-0.25, -0.2) is 0 Å². The molecule has 1 aromatic carbocycles. The van der Waals surface area contributed by atoms with Gasteiger partial charge in [0.1, 0.15) is 5.78 Å². The fraction of sp³-hybridized carbons (Fsp3) is 0.370. The number of hydrogen-bond acceptors (Lipinski definition) is 3. The number of carbonyl (C=O) groups excluding carboxylic acids is 2. The maximum absolute atomic E-state index is 13.8. The van der Waals surface area contributed by atoms with Crippen LogP contribution in [-0.2, 0) is 4.79 Å². The van der Waals surface area contributed by atoms with Crippen molar-refractivity contribution in [2.24, 2.45) is 4.99 Å². The normalized spacial score (nSPS) is 14.1. The molecular formula is C27H32F3NO2. The van der Waals surface area contributed by atoms with E-state index in [0.29, 0.717) is 34.9 Å². The van der Waals surface area contributed by atoms with Crippen LogP contribution in [0, 0.1) is 6.92 Å². The SMILES string of the molecule is C=C(C)/C=C(C=C(C)C)/C(=C\C(=O)c1ccc(C(C)=NC(C)CC(C)=O)c(C)c1)C(F)(F)F. The van der Waals surface area contributed by atoms with Gasteiger partial charge in [-0.05, 0) is 77.3 Å². The van der Waals surface area contributed by atoms with E-state index in [9.17, 15) is 22.8 Å². The fourth-order valence-electron chi connectivity index (χ4n) is 3.40. The van der Waals surface area contributed by atoms with E-state index in [1.165, 1.54) is 25.1 Å². The van der Waals surface area contributed by atoms with Gasteiger partial charge in [-0.3, -0.25) is 14.6 Å². The molecule has 0 bridgehead atoms. The molecular weight excluding hydrogens is 427 g/mol. The number of halogens is 3. The predicted molar refractivity (Wildman–Crippen MR) is 129 cm³/mol. The van der Waals surface area contributed by atoms with Gasteiger partial charge in [0.05, 0.1) is 11.6 Å². The third-order valence-corrected chi connectivity index (χ3v) is 4.64. The van der Waals surface area contributed by atoms with Gasteiger partial charge in [0, 0.05) is 17.7 Å². The summed E-state index contributed by atoms with van der Waals surface area (Å²) in [4.78, 5) is 28.6. The van der Waals surface area contributed by atoms with Crippen molar-refractivity contribution < 1.29 is 22.8 Å². The summed E-state index contributed by atoms with van der Waals surface area (Å²) in [6.45, 7) is 15.5. The van der Waals surface area contributed by atoms with Crippen molar-refractivity contribution in [1.29, 1.82) is 0 Å². The van der Waals surface area contributed by atoms with Crippen LogP contribution in [-0.4, -0.2) is 29.5 Å². The van der Waals surface area contributed by atoms with Gasteiger partial charge < -0.3 is 0 Å². The molecule has 1 rings (SSSR count). The average molecular weight is 460 g/mol. The Balaban J connectivity index is 3.43. The minimum atomic E-state index is -4.71. The summed E-state index contributed by atoms with van der Waals surface area (Å²) in [5, 5.41) is 0. The number of ketones is 2. The van der Waals surface area contributed by atoms with Crippen molar-refractivity contribution in [2.75, 3.05) is 0 Å². The first-order valence-corrected chi connectivity index (χ1v) is 10.6. The lowest BCUT2D eigenvalue weighted by Crippen LogP contribution is -2.16. The van der Waals surface area contributed by atoms with Crippen molar-refractivity contribution in [2.45, 2.75) is 67.1 Å². The number of carbonyl (C=O) groups is 2. The van der Waals surface area contributed by atoms with E-state index in [-0.39, 0.29) is 23.0 Å². The van der Waals surface area contributed by atoms with E-state index in [1.54, 1.807) is 46.8 Å². The topological polar surface area (TPSA) is 46.5 Å². The Labute approximate surface area is 194 Å². The second-order valence-corrected chi connectivity index (χ2v) is 8.59. The Bertz CT molecular complexity index is 1050. The smallest absolute Gasteiger partial charge is 0.300 e. The molecule has 0 aliphatic heterocycles. The molecule has 0 N–H and O–H groups in total. The zero-order chi connectivity index (χ0) is 25.5. The van der Waals surface area contributed by atoms with E-state index < -0.39 is 17.5 Å². The lowest BCUT2D eigenvalue weighted by molar-refractivity contribution is -0.117. The zero-order valence-electron chi connectivity index (χ0n) is 20.4. The van der Waals surface area contributed by atoms with Gasteiger partial charge in [0.2, 0.25) is 0 Å². The van der Waals surface area contributed by atoms with E-state index >= 15 is 0 Å². The number of rotatable bonds is 9. The molecule has 0 aliphatic rings. The molecule has 178 valence electrons. The molecule has 1 unspecified atom stereocenters. The minimum absolute atomic E-state index is 0.0390. The second kappa shape index (κ2) is 11.7. The number of aliphatic imine (C=N–C) groups is 1. The van der Waals surface area contributed by atoms with Crippen molar-refractivity contribution in [3.8, 4) is 0 Å². The number of alkyl halides is 3. The van der Waals surface area contributed by atoms with Gasteiger partial charge in [0.15, 0.2) is 5.78 Å². The number of benzene rings is 1. The van der Waals surface area contributed by atoms with Crippen molar-refractivity contribution in [3.63, 3.8) is 0 Å². The first kappa shape index (κ1) is 28.0. The number of aryl methyl sites for hydroxylation is 1. The molecule has 0 aliphatic carbocycles. The highest BCUT2D eigenvalue weighted by atomic mass is 19.4. The summed E-state index contributed by atoms with van der Waals surface area (Å²) in [7, 11) is 0. The van der Waals surface area contributed by atoms with E-state index in [1.807, 2.05) is 6.92 Å². The van der Waals surface area contributed by atoms with E-state index in [2.05, 4.69) is 11.6 Å². The maximum atomic E-state index is 13.8. The molecule has 0 radical (unpaired) electrons. The highest BCUT2D eigenvalue weighted by Crippen LogP contribution is 2.33. The summed E-state index contributed by atoms with van der Waals surface area (Å²) < 4.78 is 41.5. The zero-order valence-corrected chi connectivity index (χ0v) is 20.4. The van der Waals surface area contributed by atoms with Gasteiger partial charge in [-0.1, -0.05) is 42.0 Å². The van der Waals surface area contributed by atoms with Crippen molar-refractivity contribution >= 4 is 17.3 Å². The van der Waals surface area contributed by atoms with Gasteiger partial charge >= 0.3 is 6.18 Å². The van der Waals surface area contributed by atoms with Crippen LogP contribution in [0.4, 0.5) is 13.2 Å². The maximum Gasteiger partial charge on any atom is 0.417 e. The minimum Gasteiger partial charge on any atom is -0.300 e. The van der Waals surface area contributed by atoms with Gasteiger partial charge in [-0.15, -0.1) is 0 Å². The Morgan fingerprint density at radius 3 is 2.12 bits per heavy atom. The number of nitrogens with zero attached hydrogens (tertiary/aromatic N) is 1. The largest absolute Gasteiger partial charge is 0.417 e. The number of Topliss-reactive ketones (excluding diaryl/α,β-unsaturated/α-hetero) is 1. The molecule has 1 atom stereocenters. The standard InChI is InChI=1S/C27H32F3NO2/c1-16(2)11-23(12-17(3)4)25(27(28,29)30)15-26(33)22-9-10-24(18(5)13-22)21(8)31-19(6)14-20(7)32/h9-13,15,19H,1,14H2,2-8H3/b23-11+,25-15+,31-21?. The highest BCUT2D eigenvalue weighted by molar-refractivity contribution is 6.07. The summed E-state index contributed by atoms with van der Waals surface area (Å²) in [6, 6.07) is 4.53. The summed E-state index contributed by atoms with van der Waals surface area (Å²) >= 11 is 0. The van der Waals surface area contributed by atoms with Gasteiger partial charge in [0.25, 0.3) is 0 Å². The molecule has 0 fully saturated rings. The molecule has 3 nitrogen and oxygen atoms in total. The molecule has 0 heterocycles. The lowest BCUT2D eigenvalue weighted by atomic mass is 9.96. The molecule has 0 saturated heterocycles. The van der Waals surface area contributed by atoms with Crippen LogP contribution in [0.5, 0.6) is 0 Å². The van der Waals surface area contributed by atoms with Crippen LogP contribution in [0.3, 0.4) is 0 Å². The second-order valence-electron chi connectivity index (χ2n) is 8.59. The van der Waals surface area contributed by atoms with E-state index in [4.69, 9.17) is 0 Å². The van der Waals surface area contributed by atoms with Crippen molar-refractivity contribution in [1.82, 2.24) is 0 Å². The van der Waals surface area contributed by atoms with E-state index in [0.717, 1.165) is 5.56 Å². The number of hydrogen-bond donors (Lipinski definition) is 0. The Hall–Kier alpha value is -3.02. The number of allylic oxidation sites excluding steroid dienone is 7. The third kappa shape index (κ3) is 9.16. The molecule has 0 saturated carbocycles. The van der Waals surface area contributed by atoms with Crippen LogP contribution in [0.15, 0.2) is 70.3 Å². The monoisotopic (exact) mass is 459 g/mol. The van der Waals surface area contributed by atoms with Gasteiger partial charge in [-0.2, -0.15) is 13.2 Å². The fourth-order valence-corrected chi connectivity index (χ4v) is 3.40. The predicted octanol–water partition coefficient (Wildman–Crippen LogP) is 7.31. The molecule has 0 aromatic heterocycles. The Kier molecular flexibility index (Phi) is 9.96. The first-order valence-electron chi connectivity index (χ1n) is 10.6. The van der Waals surface area contributed by atoms with Crippen molar-refractivity contribution in [3.05, 3.63) is 82.0 Å². The van der Waals surface area contributed by atoms with Crippen LogP contribution < -0.4 is 0 Å². The average Bonchev–Trinajstić information content (AvgIpc) is 2.62. The third-order valence-electron chi connectivity index (χ3n) is 4.64. The Morgan fingerprint density at radius 1 is 1.06 bits per heavy atom. The molecule has 0 amide bonds. The molecule has 6 heteroatoms. The quantitative estimate of drug-likeness (QED) is 0.168. The van der Waals surface area contributed by atoms with Crippen LogP contribution in [0.2, 0.25) is 0 Å². The van der Waals surface area contributed by atoms with Crippen LogP contribution >= 0.6 is 0 Å². The first-order chi connectivity index (χ1) is 15.1. The van der Waals surface area contributed by atoms with Crippen LogP contribution in [0.1, 0.15) is 69.4 Å². The highest BCUT2D eigenvalue weighted by Gasteiger charge is 2.36. The Morgan fingerprint density at radius 2 is 1.67 bits per heavy atom. The summed E-state index contributed by atoms with van der Waals surface area (Å²) in [6.07, 6.45) is -1.05.